The Balaban J connectivity index is 1.64. The molecule has 0 unspecified atom stereocenters. The molecule has 29 heavy (non-hydrogen) atoms. The van der Waals surface area contributed by atoms with Crippen LogP contribution in [-0.4, -0.2) is 61.5 Å². The molecule has 156 valence electrons. The van der Waals surface area contributed by atoms with Crippen molar-refractivity contribution in [2.45, 2.75) is 25.9 Å². The van der Waals surface area contributed by atoms with Crippen LogP contribution < -0.4 is 14.8 Å². The number of carbonyl (C=O) groups is 3. The molecule has 2 saturated heterocycles. The van der Waals surface area contributed by atoms with E-state index in [1.165, 1.54) is 7.11 Å². The number of amides is 3. The summed E-state index contributed by atoms with van der Waals surface area (Å²) in [6, 6.07) is 5.25. The van der Waals surface area contributed by atoms with Gasteiger partial charge in [-0.1, -0.05) is 6.07 Å². The average Bonchev–Trinajstić information content (AvgIpc) is 3.32. The summed E-state index contributed by atoms with van der Waals surface area (Å²) in [7, 11) is 1.53. The molecule has 2 aliphatic heterocycles. The van der Waals surface area contributed by atoms with Crippen molar-refractivity contribution < 1.29 is 28.6 Å². The number of benzene rings is 1. The summed E-state index contributed by atoms with van der Waals surface area (Å²) in [4.78, 5) is 38.1. The molecular weight excluding hydrogens is 396 g/mol. The minimum Gasteiger partial charge on any atom is -0.493 e. The summed E-state index contributed by atoms with van der Waals surface area (Å²) in [5.41, 5.74) is 0.693. The second-order valence-electron chi connectivity index (χ2n) is 6.55. The van der Waals surface area contributed by atoms with Crippen LogP contribution in [0, 0.1) is 0 Å². The zero-order valence-corrected chi connectivity index (χ0v) is 17.3. The second-order valence-corrected chi connectivity index (χ2v) is 7.54. The third kappa shape index (κ3) is 5.30. The molecule has 2 fully saturated rings. The number of thioether (sulfide) groups is 1. The Labute approximate surface area is 173 Å². The molecule has 2 aliphatic rings. The molecule has 0 saturated carbocycles. The topological polar surface area (TPSA) is 94.2 Å². The van der Waals surface area contributed by atoms with E-state index < -0.39 is 11.1 Å². The van der Waals surface area contributed by atoms with Crippen molar-refractivity contribution in [2.75, 3.05) is 33.4 Å². The number of methoxy groups -OCH3 is 1. The van der Waals surface area contributed by atoms with E-state index in [1.807, 2.05) is 6.92 Å². The summed E-state index contributed by atoms with van der Waals surface area (Å²) in [6.07, 6.45) is 3.48. The van der Waals surface area contributed by atoms with E-state index in [9.17, 15) is 14.4 Å². The van der Waals surface area contributed by atoms with Crippen LogP contribution in [0.3, 0.4) is 0 Å². The van der Waals surface area contributed by atoms with E-state index in [0.29, 0.717) is 36.8 Å². The Bertz CT molecular complexity index is 819. The second kappa shape index (κ2) is 9.80. The monoisotopic (exact) mass is 420 g/mol. The smallest absolute Gasteiger partial charge is 0.294 e. The fraction of sp³-hybridized carbons (Fsp3) is 0.450. The fourth-order valence-corrected chi connectivity index (χ4v) is 3.91. The molecule has 0 radical (unpaired) electrons. The van der Waals surface area contributed by atoms with Gasteiger partial charge in [-0.2, -0.15) is 0 Å². The van der Waals surface area contributed by atoms with Crippen LogP contribution in [-0.2, 0) is 14.3 Å². The number of ether oxygens (including phenoxy) is 3. The van der Waals surface area contributed by atoms with Gasteiger partial charge in [0.1, 0.15) is 6.54 Å². The van der Waals surface area contributed by atoms with E-state index in [4.69, 9.17) is 14.2 Å². The molecule has 0 bridgehead atoms. The SMILES string of the molecule is CCOc1ccc(/C=C2\SC(=O)N(CC(=O)NC[C@@H]3CCCO3)C2=O)cc1OC. The van der Waals surface area contributed by atoms with Gasteiger partial charge in [-0.05, 0) is 55.3 Å². The molecule has 0 aliphatic carbocycles. The molecule has 2 heterocycles. The van der Waals surface area contributed by atoms with Gasteiger partial charge < -0.3 is 19.5 Å². The van der Waals surface area contributed by atoms with Gasteiger partial charge >= 0.3 is 0 Å². The molecule has 1 aromatic carbocycles. The van der Waals surface area contributed by atoms with Crippen molar-refractivity contribution in [3.8, 4) is 11.5 Å². The summed E-state index contributed by atoms with van der Waals surface area (Å²) < 4.78 is 16.2. The average molecular weight is 420 g/mol. The molecule has 1 N–H and O–H groups in total. The molecule has 0 spiro atoms. The first kappa shape index (κ1) is 21.2. The van der Waals surface area contributed by atoms with E-state index in [-0.39, 0.29) is 23.5 Å². The predicted molar refractivity (Wildman–Crippen MR) is 109 cm³/mol. The van der Waals surface area contributed by atoms with Gasteiger partial charge in [0.05, 0.1) is 24.7 Å². The highest BCUT2D eigenvalue weighted by Crippen LogP contribution is 2.34. The van der Waals surface area contributed by atoms with Gasteiger partial charge in [0.15, 0.2) is 11.5 Å². The lowest BCUT2D eigenvalue weighted by Gasteiger charge is -2.14. The summed E-state index contributed by atoms with van der Waals surface area (Å²) in [5, 5.41) is 2.25. The normalized spacial score (nSPS) is 20.4. The molecule has 1 atom stereocenters. The van der Waals surface area contributed by atoms with Crippen LogP contribution in [0.25, 0.3) is 6.08 Å². The largest absolute Gasteiger partial charge is 0.493 e. The maximum absolute atomic E-state index is 12.6. The van der Waals surface area contributed by atoms with Gasteiger partial charge in [0.25, 0.3) is 11.1 Å². The van der Waals surface area contributed by atoms with Crippen LogP contribution in [0.1, 0.15) is 25.3 Å². The zero-order valence-electron chi connectivity index (χ0n) is 16.4. The number of carbonyl (C=O) groups excluding carboxylic acids is 3. The van der Waals surface area contributed by atoms with Crippen molar-refractivity contribution in [3.05, 3.63) is 28.7 Å². The standard InChI is InChI=1S/C20H24N2O6S/c1-3-27-15-7-6-13(9-16(15)26-2)10-17-19(24)22(20(25)29-17)12-18(23)21-11-14-5-4-8-28-14/h6-7,9-10,14H,3-5,8,11-12H2,1-2H3,(H,21,23)/b17-10-/t14-/m0/s1. The Morgan fingerprint density at radius 1 is 1.38 bits per heavy atom. The Kier molecular flexibility index (Phi) is 7.16. The van der Waals surface area contributed by atoms with E-state index in [2.05, 4.69) is 5.32 Å². The number of rotatable bonds is 8. The van der Waals surface area contributed by atoms with Crippen LogP contribution in [0.4, 0.5) is 4.79 Å². The highest BCUT2D eigenvalue weighted by atomic mass is 32.2. The number of nitrogens with one attached hydrogen (secondary N) is 1. The van der Waals surface area contributed by atoms with E-state index in [1.54, 1.807) is 24.3 Å². The first-order valence-corrected chi connectivity index (χ1v) is 10.3. The van der Waals surface area contributed by atoms with Gasteiger partial charge in [0, 0.05) is 13.2 Å². The van der Waals surface area contributed by atoms with Crippen molar-refractivity contribution in [2.24, 2.45) is 0 Å². The van der Waals surface area contributed by atoms with Crippen molar-refractivity contribution in [3.63, 3.8) is 0 Å². The molecule has 1 aromatic rings. The molecule has 3 rings (SSSR count). The maximum Gasteiger partial charge on any atom is 0.294 e. The summed E-state index contributed by atoms with van der Waals surface area (Å²) >= 11 is 0.812. The van der Waals surface area contributed by atoms with Crippen LogP contribution in [0.5, 0.6) is 11.5 Å². The Hall–Kier alpha value is -2.52. The first-order valence-electron chi connectivity index (χ1n) is 9.46. The molecular formula is C20H24N2O6S. The van der Waals surface area contributed by atoms with Crippen molar-refractivity contribution >= 4 is 34.9 Å². The Morgan fingerprint density at radius 3 is 2.90 bits per heavy atom. The highest BCUT2D eigenvalue weighted by molar-refractivity contribution is 8.18. The van der Waals surface area contributed by atoms with E-state index in [0.717, 1.165) is 29.5 Å². The minimum absolute atomic E-state index is 0.00315. The highest BCUT2D eigenvalue weighted by Gasteiger charge is 2.36. The van der Waals surface area contributed by atoms with E-state index >= 15 is 0 Å². The molecule has 9 heteroatoms. The fourth-order valence-electron chi connectivity index (χ4n) is 3.07. The lowest BCUT2D eigenvalue weighted by molar-refractivity contribution is -0.129. The van der Waals surface area contributed by atoms with Gasteiger partial charge in [-0.15, -0.1) is 0 Å². The van der Waals surface area contributed by atoms with Crippen LogP contribution in [0.15, 0.2) is 23.1 Å². The van der Waals surface area contributed by atoms with Crippen LogP contribution >= 0.6 is 11.8 Å². The van der Waals surface area contributed by atoms with Gasteiger partial charge in [-0.25, -0.2) is 0 Å². The predicted octanol–water partition coefficient (Wildman–Crippen LogP) is 2.43. The lowest BCUT2D eigenvalue weighted by Crippen LogP contribution is -2.41. The van der Waals surface area contributed by atoms with Gasteiger partial charge in [0.2, 0.25) is 5.91 Å². The number of hydrogen-bond acceptors (Lipinski definition) is 7. The number of nitrogens with zero attached hydrogens (tertiary/aromatic N) is 1. The van der Waals surface area contributed by atoms with Crippen molar-refractivity contribution in [1.82, 2.24) is 10.2 Å². The summed E-state index contributed by atoms with van der Waals surface area (Å²) in [6.45, 7) is 3.16. The quantitative estimate of drug-likeness (QED) is 0.646. The third-order valence-electron chi connectivity index (χ3n) is 4.51. The third-order valence-corrected chi connectivity index (χ3v) is 5.42. The maximum atomic E-state index is 12.6. The Morgan fingerprint density at radius 2 is 2.21 bits per heavy atom. The minimum atomic E-state index is -0.486. The molecule has 3 amide bonds. The number of imide groups is 1. The van der Waals surface area contributed by atoms with Gasteiger partial charge in [-0.3, -0.25) is 19.3 Å². The van der Waals surface area contributed by atoms with Crippen molar-refractivity contribution in [1.29, 1.82) is 0 Å². The van der Waals surface area contributed by atoms with Crippen LogP contribution in [0.2, 0.25) is 0 Å². The molecule has 0 aromatic heterocycles. The zero-order chi connectivity index (χ0) is 20.8. The lowest BCUT2D eigenvalue weighted by atomic mass is 10.2. The number of hydrogen-bond donors (Lipinski definition) is 1. The first-order chi connectivity index (χ1) is 14.0. The molecule has 8 nitrogen and oxygen atoms in total. The summed E-state index contributed by atoms with van der Waals surface area (Å²) in [5.74, 6) is 0.267.